The fraction of sp³-hybridized carbons (Fsp3) is 0.261. The number of pyridine rings is 1. The van der Waals surface area contributed by atoms with Gasteiger partial charge >= 0.3 is 0 Å². The van der Waals surface area contributed by atoms with Crippen molar-refractivity contribution in [1.82, 2.24) is 4.98 Å². The van der Waals surface area contributed by atoms with Crippen LogP contribution in [-0.4, -0.2) is 4.98 Å². The number of nitrogens with zero attached hydrogens (tertiary/aromatic N) is 1. The Morgan fingerprint density at radius 3 is 1.54 bits per heavy atom. The van der Waals surface area contributed by atoms with Gasteiger partial charge in [0, 0.05) is 17.3 Å². The first-order valence-electron chi connectivity index (χ1n) is 8.95. The van der Waals surface area contributed by atoms with E-state index in [0.717, 1.165) is 18.5 Å². The maximum absolute atomic E-state index is 4.66. The van der Waals surface area contributed by atoms with Gasteiger partial charge in [0.05, 0.1) is 5.69 Å². The maximum Gasteiger partial charge on any atom is 0.0702 e. The molecule has 1 aromatic heterocycles. The Hall–Kier alpha value is -2.41. The van der Waals surface area contributed by atoms with Crippen LogP contribution in [0.2, 0.25) is 0 Å². The lowest BCUT2D eigenvalue weighted by atomic mass is 10.0. The molecule has 0 atom stereocenters. The Bertz CT molecular complexity index is 684. The van der Waals surface area contributed by atoms with E-state index >= 15 is 0 Å². The van der Waals surface area contributed by atoms with E-state index in [2.05, 4.69) is 79.5 Å². The molecule has 3 rings (SSSR count). The molecule has 3 aromatic rings. The molecular weight excluding hydrogens is 290 g/mol. The molecule has 1 heteroatoms. The van der Waals surface area contributed by atoms with Gasteiger partial charge in [-0.15, -0.1) is 0 Å². The van der Waals surface area contributed by atoms with Crippen LogP contribution in [0.25, 0.3) is 22.4 Å². The van der Waals surface area contributed by atoms with E-state index in [-0.39, 0.29) is 0 Å². The summed E-state index contributed by atoms with van der Waals surface area (Å²) in [5.41, 5.74) is 7.41. The average molecular weight is 315 g/mol. The van der Waals surface area contributed by atoms with E-state index in [1.54, 1.807) is 0 Å². The molecule has 0 saturated heterocycles. The quantitative estimate of drug-likeness (QED) is 0.518. The molecule has 0 aliphatic carbocycles. The van der Waals surface area contributed by atoms with Crippen LogP contribution in [0.4, 0.5) is 0 Å². The predicted molar refractivity (Wildman–Crippen MR) is 103 cm³/mol. The van der Waals surface area contributed by atoms with E-state index in [1.165, 1.54) is 40.7 Å². The molecule has 0 fully saturated rings. The third-order valence-corrected chi connectivity index (χ3v) is 4.38. The summed E-state index contributed by atoms with van der Waals surface area (Å²) in [7, 11) is 0. The van der Waals surface area contributed by atoms with Gasteiger partial charge in [0.1, 0.15) is 0 Å². The van der Waals surface area contributed by atoms with Crippen molar-refractivity contribution >= 4 is 0 Å². The van der Waals surface area contributed by atoms with Crippen molar-refractivity contribution in [3.8, 4) is 22.4 Å². The van der Waals surface area contributed by atoms with Crippen molar-refractivity contribution in [2.45, 2.75) is 39.5 Å². The molecule has 1 nitrogen and oxygen atoms in total. The van der Waals surface area contributed by atoms with Crippen molar-refractivity contribution in [2.24, 2.45) is 0 Å². The summed E-state index contributed by atoms with van der Waals surface area (Å²) in [6, 6.07) is 21.9. The second-order valence-electron chi connectivity index (χ2n) is 6.33. The Morgan fingerprint density at radius 1 is 0.583 bits per heavy atom. The van der Waals surface area contributed by atoms with Crippen LogP contribution in [0.1, 0.15) is 37.8 Å². The molecule has 0 aliphatic heterocycles. The van der Waals surface area contributed by atoms with E-state index in [9.17, 15) is 0 Å². The average Bonchev–Trinajstić information content (AvgIpc) is 2.64. The molecule has 0 radical (unpaired) electrons. The summed E-state index contributed by atoms with van der Waals surface area (Å²) in [6.07, 6.45) is 6.63. The zero-order valence-electron chi connectivity index (χ0n) is 14.6. The molecule has 0 N–H and O–H groups in total. The first kappa shape index (κ1) is 16.4. The van der Waals surface area contributed by atoms with Gasteiger partial charge in [-0.1, -0.05) is 81.3 Å². The second-order valence-corrected chi connectivity index (χ2v) is 6.33. The first-order valence-corrected chi connectivity index (χ1v) is 8.95. The van der Waals surface area contributed by atoms with E-state index in [4.69, 9.17) is 0 Å². The van der Waals surface area contributed by atoms with Gasteiger partial charge in [-0.05, 0) is 35.6 Å². The number of benzene rings is 2. The summed E-state index contributed by atoms with van der Waals surface area (Å²) in [6.45, 7) is 4.42. The smallest absolute Gasteiger partial charge is 0.0702 e. The summed E-state index contributed by atoms with van der Waals surface area (Å²) in [5.74, 6) is 0. The minimum Gasteiger partial charge on any atom is -0.256 e. The standard InChI is InChI=1S/C23H25N/c1-3-5-18-7-11-20(12-8-18)22-15-16-23(24-17-22)21-13-9-19(6-4-2)10-14-21/h7-17H,3-6H2,1-2H3. The van der Waals surface area contributed by atoms with Crippen LogP contribution in [0.5, 0.6) is 0 Å². The van der Waals surface area contributed by atoms with Gasteiger partial charge in [0.15, 0.2) is 0 Å². The van der Waals surface area contributed by atoms with Crippen LogP contribution in [-0.2, 0) is 12.8 Å². The predicted octanol–water partition coefficient (Wildman–Crippen LogP) is 6.32. The lowest BCUT2D eigenvalue weighted by molar-refractivity contribution is 0.922. The number of aryl methyl sites for hydroxylation is 2. The fourth-order valence-electron chi connectivity index (χ4n) is 3.02. The van der Waals surface area contributed by atoms with Crippen LogP contribution in [0.3, 0.4) is 0 Å². The fourth-order valence-corrected chi connectivity index (χ4v) is 3.02. The number of aromatic nitrogens is 1. The van der Waals surface area contributed by atoms with Gasteiger partial charge in [-0.2, -0.15) is 0 Å². The third-order valence-electron chi connectivity index (χ3n) is 4.38. The normalized spacial score (nSPS) is 10.8. The van der Waals surface area contributed by atoms with Crippen molar-refractivity contribution < 1.29 is 0 Å². The molecule has 0 bridgehead atoms. The lowest BCUT2D eigenvalue weighted by Gasteiger charge is -2.06. The molecule has 122 valence electrons. The van der Waals surface area contributed by atoms with Gasteiger partial charge in [0.2, 0.25) is 0 Å². The number of hydrogen-bond donors (Lipinski definition) is 0. The van der Waals surface area contributed by atoms with E-state index in [0.29, 0.717) is 0 Å². The minimum absolute atomic E-state index is 1.03. The number of rotatable bonds is 6. The van der Waals surface area contributed by atoms with Crippen molar-refractivity contribution in [2.75, 3.05) is 0 Å². The minimum atomic E-state index is 1.03. The molecule has 0 aliphatic rings. The van der Waals surface area contributed by atoms with E-state index in [1.807, 2.05) is 6.20 Å². The Balaban J connectivity index is 1.77. The maximum atomic E-state index is 4.66. The van der Waals surface area contributed by atoms with Crippen LogP contribution < -0.4 is 0 Å². The van der Waals surface area contributed by atoms with Gasteiger partial charge in [0.25, 0.3) is 0 Å². The highest BCUT2D eigenvalue weighted by Gasteiger charge is 2.02. The molecule has 0 spiro atoms. The third kappa shape index (κ3) is 3.91. The summed E-state index contributed by atoms with van der Waals surface area (Å²) in [5, 5.41) is 0. The SMILES string of the molecule is CCCc1ccc(-c2ccc(-c3ccc(CCC)cc3)nc2)cc1. The Labute approximate surface area is 145 Å². The summed E-state index contributed by atoms with van der Waals surface area (Å²) < 4.78 is 0. The topological polar surface area (TPSA) is 12.9 Å². The highest BCUT2D eigenvalue weighted by atomic mass is 14.7. The zero-order chi connectivity index (χ0) is 16.8. The number of hydrogen-bond acceptors (Lipinski definition) is 1. The molecular formula is C23H25N. The van der Waals surface area contributed by atoms with Gasteiger partial charge in [-0.25, -0.2) is 0 Å². The Kier molecular flexibility index (Phi) is 5.43. The molecule has 0 unspecified atom stereocenters. The zero-order valence-corrected chi connectivity index (χ0v) is 14.6. The second kappa shape index (κ2) is 7.92. The first-order chi connectivity index (χ1) is 11.8. The molecule has 0 saturated carbocycles. The van der Waals surface area contributed by atoms with Crippen molar-refractivity contribution in [3.63, 3.8) is 0 Å². The summed E-state index contributed by atoms with van der Waals surface area (Å²) >= 11 is 0. The molecule has 2 aromatic carbocycles. The van der Waals surface area contributed by atoms with Crippen LogP contribution >= 0.6 is 0 Å². The Morgan fingerprint density at radius 2 is 1.08 bits per heavy atom. The van der Waals surface area contributed by atoms with E-state index < -0.39 is 0 Å². The highest BCUT2D eigenvalue weighted by molar-refractivity contribution is 5.67. The molecule has 1 heterocycles. The van der Waals surface area contributed by atoms with Gasteiger partial charge < -0.3 is 0 Å². The highest BCUT2D eigenvalue weighted by Crippen LogP contribution is 2.23. The molecule has 24 heavy (non-hydrogen) atoms. The van der Waals surface area contributed by atoms with Crippen LogP contribution in [0, 0.1) is 0 Å². The van der Waals surface area contributed by atoms with Crippen molar-refractivity contribution in [1.29, 1.82) is 0 Å². The van der Waals surface area contributed by atoms with Crippen LogP contribution in [0.15, 0.2) is 66.9 Å². The largest absolute Gasteiger partial charge is 0.256 e. The lowest BCUT2D eigenvalue weighted by Crippen LogP contribution is -1.88. The van der Waals surface area contributed by atoms with Gasteiger partial charge in [-0.3, -0.25) is 4.98 Å². The monoisotopic (exact) mass is 315 g/mol. The van der Waals surface area contributed by atoms with Crippen molar-refractivity contribution in [3.05, 3.63) is 78.0 Å². The molecule has 0 amide bonds. The summed E-state index contributed by atoms with van der Waals surface area (Å²) in [4.78, 5) is 4.66.